The smallest absolute Gasteiger partial charge is 0.244 e. The van der Waals surface area contributed by atoms with Crippen molar-refractivity contribution in [3.63, 3.8) is 0 Å². The summed E-state index contributed by atoms with van der Waals surface area (Å²) in [5, 5.41) is 3.84. The predicted molar refractivity (Wildman–Crippen MR) is 158 cm³/mol. The molecule has 0 aliphatic rings. The van der Waals surface area contributed by atoms with Crippen LogP contribution in [0.25, 0.3) is 0 Å². The number of anilines is 1. The minimum atomic E-state index is -3.88. The third-order valence-electron chi connectivity index (χ3n) is 6.16. The summed E-state index contributed by atoms with van der Waals surface area (Å²) in [7, 11) is -3.88. The summed E-state index contributed by atoms with van der Waals surface area (Å²) in [6.45, 7) is 4.95. The molecule has 0 heterocycles. The molecular formula is C29H33Cl2N3O4S. The highest BCUT2D eigenvalue weighted by Crippen LogP contribution is 2.28. The van der Waals surface area contributed by atoms with Gasteiger partial charge in [0.05, 0.1) is 11.9 Å². The van der Waals surface area contributed by atoms with E-state index in [4.69, 9.17) is 23.2 Å². The van der Waals surface area contributed by atoms with Crippen LogP contribution in [0, 0.1) is 6.92 Å². The lowest BCUT2D eigenvalue weighted by atomic mass is 10.0. The van der Waals surface area contributed by atoms with Crippen molar-refractivity contribution in [1.29, 1.82) is 0 Å². The Kier molecular flexibility index (Phi) is 10.4. The molecule has 7 nitrogen and oxygen atoms in total. The SMILES string of the molecule is Cc1c(Cl)cccc1N(CC(=O)N(Cc1ccc(Cl)cc1)C(Cc1ccccc1)C(=O)NC(C)C)S(C)(=O)=O. The standard InChI is InChI=1S/C29H33Cl2N3O4S/c1-20(2)32-29(36)27(17-22-9-6-5-7-10-22)33(18-23-13-15-24(30)16-14-23)28(35)19-34(39(4,37)38)26-12-8-11-25(31)21(26)3/h5-16,20,27H,17-19H2,1-4H3,(H,32,36). The van der Waals surface area contributed by atoms with Gasteiger partial charge in [0.15, 0.2) is 0 Å². The average molecular weight is 591 g/mol. The van der Waals surface area contributed by atoms with Crippen molar-refractivity contribution >= 4 is 50.7 Å². The highest BCUT2D eigenvalue weighted by Gasteiger charge is 2.33. The van der Waals surface area contributed by atoms with E-state index in [2.05, 4.69) is 5.32 Å². The fraction of sp³-hybridized carbons (Fsp3) is 0.310. The van der Waals surface area contributed by atoms with Gasteiger partial charge in [-0.2, -0.15) is 0 Å². The van der Waals surface area contributed by atoms with Crippen LogP contribution >= 0.6 is 23.2 Å². The highest BCUT2D eigenvalue weighted by molar-refractivity contribution is 7.92. The molecule has 1 N–H and O–H groups in total. The molecule has 0 aliphatic heterocycles. The van der Waals surface area contributed by atoms with Gasteiger partial charge in [0, 0.05) is 29.1 Å². The Morgan fingerprint density at radius 2 is 1.54 bits per heavy atom. The zero-order valence-corrected chi connectivity index (χ0v) is 24.7. The van der Waals surface area contributed by atoms with Crippen molar-refractivity contribution in [1.82, 2.24) is 10.2 Å². The minimum Gasteiger partial charge on any atom is -0.352 e. The van der Waals surface area contributed by atoms with Crippen molar-refractivity contribution in [2.75, 3.05) is 17.1 Å². The summed E-state index contributed by atoms with van der Waals surface area (Å²) < 4.78 is 26.8. The molecule has 3 aromatic rings. The molecule has 1 unspecified atom stereocenters. The molecule has 2 amide bonds. The van der Waals surface area contributed by atoms with Crippen LogP contribution in [0.4, 0.5) is 5.69 Å². The number of carbonyl (C=O) groups is 2. The van der Waals surface area contributed by atoms with E-state index in [1.807, 2.05) is 44.2 Å². The first-order valence-electron chi connectivity index (χ1n) is 12.5. The second-order valence-corrected chi connectivity index (χ2v) is 12.4. The van der Waals surface area contributed by atoms with Crippen molar-refractivity contribution in [3.05, 3.63) is 99.5 Å². The number of carbonyl (C=O) groups excluding carboxylic acids is 2. The van der Waals surface area contributed by atoms with Gasteiger partial charge < -0.3 is 10.2 Å². The number of rotatable bonds is 11. The molecule has 0 aromatic heterocycles. The number of halogens is 2. The second kappa shape index (κ2) is 13.3. The molecule has 1 atom stereocenters. The summed E-state index contributed by atoms with van der Waals surface area (Å²) >= 11 is 12.4. The van der Waals surface area contributed by atoms with E-state index >= 15 is 0 Å². The lowest BCUT2D eigenvalue weighted by molar-refractivity contribution is -0.140. The van der Waals surface area contributed by atoms with Crippen LogP contribution in [0.3, 0.4) is 0 Å². The Balaban J connectivity index is 2.07. The molecule has 0 spiro atoms. The topological polar surface area (TPSA) is 86.8 Å². The number of benzene rings is 3. The van der Waals surface area contributed by atoms with E-state index in [0.29, 0.717) is 21.3 Å². The van der Waals surface area contributed by atoms with Crippen LogP contribution in [0.1, 0.15) is 30.5 Å². The van der Waals surface area contributed by atoms with Gasteiger partial charge in [0.1, 0.15) is 12.6 Å². The Morgan fingerprint density at radius 3 is 2.13 bits per heavy atom. The third kappa shape index (κ3) is 8.46. The molecule has 10 heteroatoms. The lowest BCUT2D eigenvalue weighted by Gasteiger charge is -2.34. The quantitative estimate of drug-likeness (QED) is 0.331. The van der Waals surface area contributed by atoms with E-state index in [0.717, 1.165) is 21.7 Å². The zero-order chi connectivity index (χ0) is 28.7. The van der Waals surface area contributed by atoms with Gasteiger partial charge in [-0.25, -0.2) is 8.42 Å². The number of amides is 2. The van der Waals surface area contributed by atoms with Crippen molar-refractivity contribution in [2.45, 2.75) is 45.8 Å². The maximum absolute atomic E-state index is 14.0. The van der Waals surface area contributed by atoms with E-state index in [1.54, 1.807) is 49.4 Å². The maximum atomic E-state index is 14.0. The van der Waals surface area contributed by atoms with E-state index < -0.39 is 28.5 Å². The summed E-state index contributed by atoms with van der Waals surface area (Å²) in [4.78, 5) is 29.0. The molecule has 208 valence electrons. The first-order valence-corrected chi connectivity index (χ1v) is 15.1. The lowest BCUT2D eigenvalue weighted by Crippen LogP contribution is -2.54. The van der Waals surface area contributed by atoms with Crippen molar-refractivity contribution in [3.8, 4) is 0 Å². The van der Waals surface area contributed by atoms with Crippen molar-refractivity contribution < 1.29 is 18.0 Å². The third-order valence-corrected chi connectivity index (χ3v) is 7.94. The van der Waals surface area contributed by atoms with E-state index in [1.165, 1.54) is 4.90 Å². The predicted octanol–water partition coefficient (Wildman–Crippen LogP) is 5.23. The summed E-state index contributed by atoms with van der Waals surface area (Å²) in [5.74, 6) is -0.865. The first kappa shape index (κ1) is 30.5. The minimum absolute atomic E-state index is 0.0746. The molecule has 0 fully saturated rings. The monoisotopic (exact) mass is 589 g/mol. The molecule has 39 heavy (non-hydrogen) atoms. The largest absolute Gasteiger partial charge is 0.352 e. The highest BCUT2D eigenvalue weighted by atomic mass is 35.5. The van der Waals surface area contributed by atoms with E-state index in [-0.39, 0.29) is 24.9 Å². The Bertz CT molecular complexity index is 1400. The number of hydrogen-bond donors (Lipinski definition) is 1. The molecule has 0 saturated carbocycles. The van der Waals surface area contributed by atoms with Gasteiger partial charge in [0.2, 0.25) is 21.8 Å². The Morgan fingerprint density at radius 1 is 0.897 bits per heavy atom. The van der Waals surface area contributed by atoms with Crippen LogP contribution in [0.15, 0.2) is 72.8 Å². The number of sulfonamides is 1. The fourth-order valence-electron chi connectivity index (χ4n) is 4.18. The Labute approximate surface area is 240 Å². The molecule has 0 saturated heterocycles. The number of nitrogens with zero attached hydrogens (tertiary/aromatic N) is 2. The normalized spacial score (nSPS) is 12.2. The van der Waals surface area contributed by atoms with Crippen molar-refractivity contribution in [2.24, 2.45) is 0 Å². The molecule has 0 radical (unpaired) electrons. The number of hydrogen-bond acceptors (Lipinski definition) is 4. The van der Waals surface area contributed by atoms with Crippen LogP contribution < -0.4 is 9.62 Å². The zero-order valence-electron chi connectivity index (χ0n) is 22.4. The molecule has 0 bridgehead atoms. The summed E-state index contributed by atoms with van der Waals surface area (Å²) in [6, 6.07) is 20.2. The van der Waals surface area contributed by atoms with Gasteiger partial charge in [-0.15, -0.1) is 0 Å². The molecular weight excluding hydrogens is 557 g/mol. The van der Waals surface area contributed by atoms with Gasteiger partial charge in [0.25, 0.3) is 0 Å². The maximum Gasteiger partial charge on any atom is 0.244 e. The van der Waals surface area contributed by atoms with Crippen LogP contribution in [0.2, 0.25) is 10.0 Å². The summed E-state index contributed by atoms with van der Waals surface area (Å²) in [5.41, 5.74) is 2.44. The molecule has 3 aromatic carbocycles. The fourth-order valence-corrected chi connectivity index (χ4v) is 5.38. The first-order chi connectivity index (χ1) is 18.4. The Hall–Kier alpha value is -3.07. The second-order valence-electron chi connectivity index (χ2n) is 9.67. The van der Waals surface area contributed by atoms with Gasteiger partial charge >= 0.3 is 0 Å². The summed E-state index contributed by atoms with van der Waals surface area (Å²) in [6.07, 6.45) is 1.28. The van der Waals surface area contributed by atoms with Crippen LogP contribution in [-0.4, -0.2) is 50.0 Å². The molecule has 0 aliphatic carbocycles. The van der Waals surface area contributed by atoms with Gasteiger partial charge in [-0.05, 0) is 61.7 Å². The van der Waals surface area contributed by atoms with Crippen LogP contribution in [-0.2, 0) is 32.6 Å². The van der Waals surface area contributed by atoms with E-state index in [9.17, 15) is 18.0 Å². The average Bonchev–Trinajstić information content (AvgIpc) is 2.87. The van der Waals surface area contributed by atoms with Gasteiger partial charge in [-0.3, -0.25) is 13.9 Å². The van der Waals surface area contributed by atoms with Gasteiger partial charge in [-0.1, -0.05) is 71.7 Å². The van der Waals surface area contributed by atoms with Crippen LogP contribution in [0.5, 0.6) is 0 Å². The number of nitrogens with one attached hydrogen (secondary N) is 1. The molecule has 3 rings (SSSR count).